The van der Waals surface area contributed by atoms with Gasteiger partial charge < -0.3 is 10.1 Å². The first kappa shape index (κ1) is 9.97. The molecule has 0 aromatic heterocycles. The molecular weight excluding hydrogens is 170 g/mol. The Morgan fingerprint density at radius 1 is 1.64 bits per heavy atom. The van der Waals surface area contributed by atoms with Crippen molar-refractivity contribution in [3.05, 3.63) is 11.6 Å². The van der Waals surface area contributed by atoms with Crippen molar-refractivity contribution in [2.45, 2.75) is 0 Å². The fraction of sp³-hybridized carbons (Fsp3) is 0.333. The highest BCUT2D eigenvalue weighted by atomic mass is 35.5. The van der Waals surface area contributed by atoms with Crippen LogP contribution in [0.4, 0.5) is 0 Å². The van der Waals surface area contributed by atoms with E-state index in [4.69, 9.17) is 11.6 Å². The molecule has 0 bridgehead atoms. The number of ether oxygens (including phenoxy) is 1. The highest BCUT2D eigenvalue weighted by Crippen LogP contribution is 1.91. The van der Waals surface area contributed by atoms with E-state index in [9.17, 15) is 9.59 Å². The van der Waals surface area contributed by atoms with Gasteiger partial charge in [0.2, 0.25) is 0 Å². The molecule has 4 nitrogen and oxygen atoms in total. The lowest BCUT2D eigenvalue weighted by Crippen LogP contribution is -2.32. The summed E-state index contributed by atoms with van der Waals surface area (Å²) in [5.41, 5.74) is 0. The lowest BCUT2D eigenvalue weighted by atomic mass is 10.5. The standard InChI is InChI=1S/C6H8ClNO3/c1-4(7)3-8-5(9)6(10)11-2/h1,3H2,2H3,(H,8,9). The Hall–Kier alpha value is -1.03. The van der Waals surface area contributed by atoms with Crippen molar-refractivity contribution < 1.29 is 14.3 Å². The number of hydrogen-bond donors (Lipinski definition) is 1. The third-order valence-corrected chi connectivity index (χ3v) is 0.945. The molecule has 0 atom stereocenters. The van der Waals surface area contributed by atoms with Crippen LogP contribution in [0.2, 0.25) is 0 Å². The van der Waals surface area contributed by atoms with Crippen LogP contribution in [0.15, 0.2) is 11.6 Å². The molecule has 1 amide bonds. The summed E-state index contributed by atoms with van der Waals surface area (Å²) >= 11 is 5.31. The number of carbonyl (C=O) groups excluding carboxylic acids is 2. The van der Waals surface area contributed by atoms with Crippen LogP contribution < -0.4 is 5.32 Å². The maximum Gasteiger partial charge on any atom is 0.396 e. The van der Waals surface area contributed by atoms with Gasteiger partial charge in [0, 0.05) is 5.03 Å². The summed E-state index contributed by atoms with van der Waals surface area (Å²) in [5.74, 6) is -1.77. The molecule has 0 radical (unpaired) electrons. The topological polar surface area (TPSA) is 55.4 Å². The molecule has 0 spiro atoms. The Kier molecular flexibility index (Phi) is 4.29. The van der Waals surface area contributed by atoms with Gasteiger partial charge in [-0.25, -0.2) is 4.79 Å². The molecule has 62 valence electrons. The van der Waals surface area contributed by atoms with Crippen LogP contribution in [0.3, 0.4) is 0 Å². The number of amides is 1. The fourth-order valence-electron chi connectivity index (χ4n) is 0.341. The zero-order valence-corrected chi connectivity index (χ0v) is 6.77. The minimum Gasteiger partial charge on any atom is -0.462 e. The summed E-state index contributed by atoms with van der Waals surface area (Å²) in [4.78, 5) is 21.0. The van der Waals surface area contributed by atoms with E-state index in [0.29, 0.717) is 0 Å². The highest BCUT2D eigenvalue weighted by Gasteiger charge is 2.11. The Labute approximate surface area is 69.2 Å². The predicted octanol–water partition coefficient (Wildman–Crippen LogP) is 0.0281. The van der Waals surface area contributed by atoms with Gasteiger partial charge in [-0.15, -0.1) is 0 Å². The van der Waals surface area contributed by atoms with E-state index in [2.05, 4.69) is 16.6 Å². The quantitative estimate of drug-likeness (QED) is 0.478. The van der Waals surface area contributed by atoms with Crippen molar-refractivity contribution in [2.24, 2.45) is 0 Å². The molecule has 0 aromatic carbocycles. The van der Waals surface area contributed by atoms with Crippen LogP contribution in [0.1, 0.15) is 0 Å². The second-order valence-electron chi connectivity index (χ2n) is 1.69. The van der Waals surface area contributed by atoms with E-state index >= 15 is 0 Å². The van der Waals surface area contributed by atoms with Gasteiger partial charge in [0.25, 0.3) is 0 Å². The van der Waals surface area contributed by atoms with Crippen molar-refractivity contribution >= 4 is 23.5 Å². The number of halogens is 1. The molecule has 0 rings (SSSR count). The van der Waals surface area contributed by atoms with Gasteiger partial charge in [-0.3, -0.25) is 4.79 Å². The molecule has 0 saturated heterocycles. The summed E-state index contributed by atoms with van der Waals surface area (Å²) in [6.07, 6.45) is 0. The smallest absolute Gasteiger partial charge is 0.396 e. The maximum atomic E-state index is 10.6. The Morgan fingerprint density at radius 3 is 2.55 bits per heavy atom. The van der Waals surface area contributed by atoms with Crippen LogP contribution in [-0.4, -0.2) is 25.5 Å². The van der Waals surface area contributed by atoms with E-state index in [1.807, 2.05) is 0 Å². The number of hydrogen-bond acceptors (Lipinski definition) is 3. The lowest BCUT2D eigenvalue weighted by Gasteiger charge is -2.00. The summed E-state index contributed by atoms with van der Waals surface area (Å²) < 4.78 is 4.12. The predicted molar refractivity (Wildman–Crippen MR) is 40.0 cm³/mol. The summed E-state index contributed by atoms with van der Waals surface area (Å²) in [6, 6.07) is 0. The Bertz CT molecular complexity index is 190. The number of methoxy groups -OCH3 is 1. The number of carbonyl (C=O) groups is 2. The molecule has 0 fully saturated rings. The fourth-order valence-corrected chi connectivity index (χ4v) is 0.408. The number of esters is 1. The number of nitrogens with one attached hydrogen (secondary N) is 1. The zero-order valence-electron chi connectivity index (χ0n) is 6.02. The molecule has 5 heteroatoms. The van der Waals surface area contributed by atoms with Gasteiger partial charge in [0.1, 0.15) is 0 Å². The van der Waals surface area contributed by atoms with Gasteiger partial charge in [-0.2, -0.15) is 0 Å². The lowest BCUT2D eigenvalue weighted by molar-refractivity contribution is -0.152. The first-order chi connectivity index (χ1) is 5.07. The minimum absolute atomic E-state index is 0.0650. The normalized spacial score (nSPS) is 8.55. The van der Waals surface area contributed by atoms with Gasteiger partial charge in [-0.05, 0) is 0 Å². The zero-order chi connectivity index (χ0) is 8.85. The average molecular weight is 178 g/mol. The third-order valence-electron chi connectivity index (χ3n) is 0.812. The van der Waals surface area contributed by atoms with Crippen LogP contribution in [0, 0.1) is 0 Å². The van der Waals surface area contributed by atoms with Crippen LogP contribution >= 0.6 is 11.6 Å². The molecule has 0 saturated carbocycles. The first-order valence-corrected chi connectivity index (χ1v) is 3.15. The van der Waals surface area contributed by atoms with Crippen molar-refractivity contribution in [3.8, 4) is 0 Å². The van der Waals surface area contributed by atoms with E-state index in [1.165, 1.54) is 0 Å². The first-order valence-electron chi connectivity index (χ1n) is 2.77. The van der Waals surface area contributed by atoms with Crippen molar-refractivity contribution in [2.75, 3.05) is 13.7 Å². The van der Waals surface area contributed by atoms with Crippen molar-refractivity contribution in [1.29, 1.82) is 0 Å². The molecular formula is C6H8ClNO3. The second-order valence-corrected chi connectivity index (χ2v) is 2.23. The van der Waals surface area contributed by atoms with E-state index < -0.39 is 11.9 Å². The maximum absolute atomic E-state index is 10.6. The molecule has 1 N–H and O–H groups in total. The van der Waals surface area contributed by atoms with Crippen molar-refractivity contribution in [3.63, 3.8) is 0 Å². The summed E-state index contributed by atoms with van der Waals surface area (Å²) in [6.45, 7) is 3.38. The van der Waals surface area contributed by atoms with Gasteiger partial charge in [-0.1, -0.05) is 18.2 Å². The van der Waals surface area contributed by atoms with E-state index in [0.717, 1.165) is 7.11 Å². The molecule has 0 unspecified atom stereocenters. The molecule has 0 heterocycles. The Morgan fingerprint density at radius 2 is 2.18 bits per heavy atom. The van der Waals surface area contributed by atoms with Crippen LogP contribution in [0.25, 0.3) is 0 Å². The minimum atomic E-state index is -0.942. The van der Waals surface area contributed by atoms with Gasteiger partial charge >= 0.3 is 11.9 Å². The molecule has 11 heavy (non-hydrogen) atoms. The molecule has 0 aliphatic carbocycles. The highest BCUT2D eigenvalue weighted by molar-refractivity contribution is 6.33. The molecule has 0 aromatic rings. The third kappa shape index (κ3) is 4.38. The summed E-state index contributed by atoms with van der Waals surface area (Å²) in [5, 5.41) is 2.44. The van der Waals surface area contributed by atoms with E-state index in [-0.39, 0.29) is 11.6 Å². The Balaban J connectivity index is 3.70. The molecule has 0 aliphatic rings. The number of rotatable bonds is 2. The second kappa shape index (κ2) is 4.73. The summed E-state index contributed by atoms with van der Waals surface area (Å²) in [7, 11) is 1.12. The monoisotopic (exact) mass is 177 g/mol. The van der Waals surface area contributed by atoms with Gasteiger partial charge in [0.15, 0.2) is 0 Å². The largest absolute Gasteiger partial charge is 0.462 e. The van der Waals surface area contributed by atoms with E-state index in [1.54, 1.807) is 0 Å². The average Bonchev–Trinajstić information content (AvgIpc) is 1.98. The molecule has 0 aliphatic heterocycles. The SMILES string of the molecule is C=C(Cl)CNC(=O)C(=O)OC. The van der Waals surface area contributed by atoms with Crippen LogP contribution in [-0.2, 0) is 14.3 Å². The van der Waals surface area contributed by atoms with Crippen molar-refractivity contribution in [1.82, 2.24) is 5.32 Å². The van der Waals surface area contributed by atoms with Crippen LogP contribution in [0.5, 0.6) is 0 Å². The van der Waals surface area contributed by atoms with Gasteiger partial charge in [0.05, 0.1) is 13.7 Å².